The van der Waals surface area contributed by atoms with Gasteiger partial charge in [-0.2, -0.15) is 18.3 Å². The molecule has 0 atom stereocenters. The molecule has 11 nitrogen and oxygen atoms in total. The average Bonchev–Trinajstić information content (AvgIpc) is 3.73. The number of anilines is 1. The maximum absolute atomic E-state index is 13.7. The van der Waals surface area contributed by atoms with Gasteiger partial charge in [0, 0.05) is 17.1 Å². The molecule has 0 fully saturated rings. The highest BCUT2D eigenvalue weighted by atomic mass is 32.1. The molecular weight excluding hydrogens is 590 g/mol. The molecule has 4 heterocycles. The van der Waals surface area contributed by atoms with Gasteiger partial charge in [0.05, 0.1) is 5.69 Å². The molecule has 0 spiro atoms. The molecule has 6 aromatic rings. The minimum absolute atomic E-state index is 0.0138. The number of nitrogens with zero attached hydrogens (tertiary/aromatic N) is 7. The van der Waals surface area contributed by atoms with Crippen molar-refractivity contribution in [3.63, 3.8) is 0 Å². The third-order valence-electron chi connectivity index (χ3n) is 6.20. The van der Waals surface area contributed by atoms with Crippen LogP contribution in [0.5, 0.6) is 0 Å². The SMILES string of the molecule is NC(=O)c1sc2nc(C(F)(F)F)cc(-c3ccc(F)cc3)c2c1NC(=O)c1ccn(Cn2nnc(-c3ccccc3)n2)n1. The number of nitrogens with two attached hydrogens (primary N) is 1. The smallest absolute Gasteiger partial charge is 0.365 e. The van der Waals surface area contributed by atoms with E-state index in [1.165, 1.54) is 33.9 Å². The molecule has 0 unspecified atom stereocenters. The van der Waals surface area contributed by atoms with E-state index in [-0.39, 0.29) is 44.3 Å². The summed E-state index contributed by atoms with van der Waals surface area (Å²) >= 11 is 0.592. The van der Waals surface area contributed by atoms with E-state index < -0.39 is 29.5 Å². The zero-order valence-electron chi connectivity index (χ0n) is 21.6. The fourth-order valence-electron chi connectivity index (χ4n) is 4.27. The quantitative estimate of drug-likeness (QED) is 0.247. The van der Waals surface area contributed by atoms with Gasteiger partial charge in [-0.1, -0.05) is 42.5 Å². The number of aromatic nitrogens is 7. The number of primary amides is 1. The lowest BCUT2D eigenvalue weighted by Crippen LogP contribution is -2.18. The number of fused-ring (bicyclic) bond motifs is 1. The number of pyridine rings is 1. The largest absolute Gasteiger partial charge is 0.433 e. The van der Waals surface area contributed by atoms with E-state index in [9.17, 15) is 27.2 Å². The Morgan fingerprint density at radius 3 is 2.42 bits per heavy atom. The van der Waals surface area contributed by atoms with Gasteiger partial charge in [0.15, 0.2) is 12.4 Å². The average molecular weight is 608 g/mol. The van der Waals surface area contributed by atoms with E-state index in [0.717, 1.165) is 23.8 Å². The Morgan fingerprint density at radius 1 is 0.977 bits per heavy atom. The summed E-state index contributed by atoms with van der Waals surface area (Å²) < 4.78 is 56.1. The first kappa shape index (κ1) is 27.6. The number of carbonyl (C=O) groups excluding carboxylic acids is 2. The second kappa shape index (κ2) is 10.7. The minimum Gasteiger partial charge on any atom is -0.365 e. The van der Waals surface area contributed by atoms with E-state index in [2.05, 4.69) is 30.8 Å². The lowest BCUT2D eigenvalue weighted by atomic mass is 10.0. The first-order chi connectivity index (χ1) is 20.6. The van der Waals surface area contributed by atoms with Crippen LogP contribution >= 0.6 is 11.3 Å². The summed E-state index contributed by atoms with van der Waals surface area (Å²) in [5.74, 6) is -1.97. The van der Waals surface area contributed by atoms with Crippen LogP contribution in [0.4, 0.5) is 23.2 Å². The van der Waals surface area contributed by atoms with Crippen LogP contribution in [-0.2, 0) is 12.8 Å². The number of thiophene rings is 1. The molecule has 216 valence electrons. The summed E-state index contributed by atoms with van der Waals surface area (Å²) in [6.45, 7) is 0.0138. The predicted octanol–water partition coefficient (Wildman–Crippen LogP) is 4.83. The van der Waals surface area contributed by atoms with Gasteiger partial charge in [0.2, 0.25) is 5.82 Å². The molecule has 4 aromatic heterocycles. The van der Waals surface area contributed by atoms with Crippen LogP contribution in [0.15, 0.2) is 72.9 Å². The predicted molar refractivity (Wildman–Crippen MR) is 147 cm³/mol. The highest BCUT2D eigenvalue weighted by Gasteiger charge is 2.35. The van der Waals surface area contributed by atoms with Crippen molar-refractivity contribution < 1.29 is 27.2 Å². The second-order valence-corrected chi connectivity index (χ2v) is 10.1. The lowest BCUT2D eigenvalue weighted by Gasteiger charge is -2.12. The number of benzene rings is 2. The molecule has 43 heavy (non-hydrogen) atoms. The van der Waals surface area contributed by atoms with Crippen molar-refractivity contribution in [1.82, 2.24) is 35.0 Å². The number of alkyl halides is 3. The zero-order valence-corrected chi connectivity index (χ0v) is 22.4. The third kappa shape index (κ3) is 5.54. The van der Waals surface area contributed by atoms with Gasteiger partial charge in [-0.3, -0.25) is 9.59 Å². The molecule has 3 N–H and O–H groups in total. The van der Waals surface area contributed by atoms with Crippen molar-refractivity contribution in [2.45, 2.75) is 12.8 Å². The fourth-order valence-corrected chi connectivity index (χ4v) is 5.28. The first-order valence-corrected chi connectivity index (χ1v) is 13.2. The van der Waals surface area contributed by atoms with E-state index in [1.807, 2.05) is 30.3 Å². The van der Waals surface area contributed by atoms with Gasteiger partial charge in [-0.25, -0.2) is 14.1 Å². The molecule has 0 saturated carbocycles. The minimum atomic E-state index is -4.82. The summed E-state index contributed by atoms with van der Waals surface area (Å²) in [7, 11) is 0. The molecule has 6 rings (SSSR count). The van der Waals surface area contributed by atoms with Crippen LogP contribution in [0.25, 0.3) is 32.7 Å². The van der Waals surface area contributed by atoms with Gasteiger partial charge < -0.3 is 11.1 Å². The molecule has 0 saturated heterocycles. The van der Waals surface area contributed by atoms with E-state index in [4.69, 9.17) is 5.73 Å². The number of tetrazole rings is 1. The molecule has 2 aromatic carbocycles. The number of hydrogen-bond acceptors (Lipinski definition) is 8. The summed E-state index contributed by atoms with van der Waals surface area (Å²) in [4.78, 5) is 30.1. The molecule has 0 bridgehead atoms. The third-order valence-corrected chi connectivity index (χ3v) is 7.30. The maximum atomic E-state index is 13.7. The Kier molecular flexibility index (Phi) is 6.89. The van der Waals surface area contributed by atoms with Gasteiger partial charge >= 0.3 is 6.18 Å². The molecule has 0 aliphatic carbocycles. The van der Waals surface area contributed by atoms with Gasteiger partial charge in [-0.05, 0) is 40.6 Å². The standard InChI is InChI=1S/C27H17F4N9O2S/c28-16-8-6-14(7-9-16)17-12-19(27(29,30)31)33-26-20(17)21(22(43-26)23(32)41)34-25(42)18-10-11-39(36-18)13-40-37-24(35-38-40)15-4-2-1-3-5-15/h1-12H,13H2,(H2,32,41)(H,34,42). The molecule has 2 amide bonds. The van der Waals surface area contributed by atoms with Crippen molar-refractivity contribution in [1.29, 1.82) is 0 Å². The fraction of sp³-hybridized carbons (Fsp3) is 0.0741. The van der Waals surface area contributed by atoms with E-state index in [1.54, 1.807) is 0 Å². The van der Waals surface area contributed by atoms with E-state index >= 15 is 0 Å². The van der Waals surface area contributed by atoms with Crippen LogP contribution in [-0.4, -0.2) is 46.8 Å². The van der Waals surface area contributed by atoms with Crippen molar-refractivity contribution in [3.05, 3.63) is 95.0 Å². The van der Waals surface area contributed by atoms with Crippen LogP contribution in [0.2, 0.25) is 0 Å². The monoisotopic (exact) mass is 607 g/mol. The first-order valence-electron chi connectivity index (χ1n) is 12.4. The molecule has 0 aliphatic rings. The number of amides is 2. The zero-order chi connectivity index (χ0) is 30.3. The highest BCUT2D eigenvalue weighted by Crippen LogP contribution is 2.43. The van der Waals surface area contributed by atoms with Crippen molar-refractivity contribution in [2.24, 2.45) is 5.73 Å². The lowest BCUT2D eigenvalue weighted by molar-refractivity contribution is -0.140. The number of halogens is 4. The van der Waals surface area contributed by atoms with Crippen LogP contribution in [0.1, 0.15) is 25.9 Å². The summed E-state index contributed by atoms with van der Waals surface area (Å²) in [5, 5.41) is 19.1. The van der Waals surface area contributed by atoms with Gasteiger partial charge in [0.1, 0.15) is 21.2 Å². The van der Waals surface area contributed by atoms with Crippen LogP contribution < -0.4 is 11.1 Å². The summed E-state index contributed by atoms with van der Waals surface area (Å²) in [5.41, 5.74) is 5.01. The Morgan fingerprint density at radius 2 is 1.72 bits per heavy atom. The Labute approximate surface area is 242 Å². The second-order valence-electron chi connectivity index (χ2n) is 9.10. The van der Waals surface area contributed by atoms with Crippen LogP contribution in [0, 0.1) is 5.82 Å². The highest BCUT2D eigenvalue weighted by molar-refractivity contribution is 7.21. The van der Waals surface area contributed by atoms with E-state index in [0.29, 0.717) is 17.2 Å². The molecular formula is C27H17F4N9O2S. The molecule has 0 aliphatic heterocycles. The molecule has 0 radical (unpaired) electrons. The summed E-state index contributed by atoms with van der Waals surface area (Å²) in [6, 6.07) is 16.1. The van der Waals surface area contributed by atoms with Gasteiger partial charge in [0.25, 0.3) is 11.8 Å². The number of carbonyl (C=O) groups is 2. The Hall–Kier alpha value is -5.51. The number of rotatable bonds is 7. The number of hydrogen-bond donors (Lipinski definition) is 2. The maximum Gasteiger partial charge on any atom is 0.433 e. The van der Waals surface area contributed by atoms with Crippen molar-refractivity contribution in [3.8, 4) is 22.5 Å². The van der Waals surface area contributed by atoms with Gasteiger partial charge in [-0.15, -0.1) is 26.3 Å². The molecule has 16 heteroatoms. The van der Waals surface area contributed by atoms with Crippen molar-refractivity contribution >= 4 is 39.1 Å². The van der Waals surface area contributed by atoms with Crippen molar-refractivity contribution in [2.75, 3.05) is 5.32 Å². The summed E-state index contributed by atoms with van der Waals surface area (Å²) in [6.07, 6.45) is -3.33. The van der Waals surface area contributed by atoms with Crippen LogP contribution in [0.3, 0.4) is 0 Å². The normalized spacial score (nSPS) is 11.6. The Balaban J connectivity index is 1.34. The Bertz CT molecular complexity index is 1980. The number of nitrogens with one attached hydrogen (secondary N) is 1. The topological polar surface area (TPSA) is 146 Å².